The van der Waals surface area contributed by atoms with E-state index in [0.29, 0.717) is 29.5 Å². The van der Waals surface area contributed by atoms with Gasteiger partial charge < -0.3 is 9.47 Å². The Bertz CT molecular complexity index is 1600. The van der Waals surface area contributed by atoms with E-state index in [9.17, 15) is 0 Å². The van der Waals surface area contributed by atoms with Gasteiger partial charge in [-0.2, -0.15) is 0 Å². The van der Waals surface area contributed by atoms with Crippen molar-refractivity contribution in [3.8, 4) is 22.6 Å². The summed E-state index contributed by atoms with van der Waals surface area (Å²) < 4.78 is 18.5. The molecule has 0 saturated carbocycles. The normalized spacial score (nSPS) is 13.9. The fourth-order valence-electron chi connectivity index (χ4n) is 5.07. The minimum atomic E-state index is 0.363. The summed E-state index contributed by atoms with van der Waals surface area (Å²) in [5, 5.41) is 8.41. The second kappa shape index (κ2) is 12.4. The van der Waals surface area contributed by atoms with E-state index in [4.69, 9.17) is 25.7 Å². The molecule has 2 heterocycles. The number of halogens is 2. The number of hydrogen-bond acceptors (Lipinski definition) is 6. The van der Waals surface area contributed by atoms with Gasteiger partial charge in [0.25, 0.3) is 0 Å². The number of benzene rings is 4. The Morgan fingerprint density at radius 3 is 2.42 bits per heavy atom. The van der Waals surface area contributed by atoms with E-state index in [2.05, 4.69) is 55.4 Å². The first-order chi connectivity index (χ1) is 19.6. The largest absolute Gasteiger partial charge is 0.488 e. The Morgan fingerprint density at radius 2 is 1.57 bits per heavy atom. The SMILES string of the molecule is Clc1cc(CN2CCCCC2)c(OCc2ccc3nonc3c2)cc1OCc1cccc(-c2ccccc2)c1Br. The topological polar surface area (TPSA) is 60.6 Å². The third kappa shape index (κ3) is 6.17. The van der Waals surface area contributed by atoms with E-state index in [-0.39, 0.29) is 0 Å². The summed E-state index contributed by atoms with van der Waals surface area (Å²) in [6.07, 6.45) is 3.72. The molecule has 1 fully saturated rings. The van der Waals surface area contributed by atoms with Crippen LogP contribution in [0.4, 0.5) is 0 Å². The fourth-order valence-corrected chi connectivity index (χ4v) is 5.92. The molecule has 6 rings (SSSR count). The molecule has 40 heavy (non-hydrogen) atoms. The molecule has 0 atom stereocenters. The van der Waals surface area contributed by atoms with E-state index in [1.807, 2.05) is 54.6 Å². The molecule has 1 aliphatic heterocycles. The average Bonchev–Trinajstić information content (AvgIpc) is 3.46. The molecule has 5 aromatic rings. The Morgan fingerprint density at radius 1 is 0.775 bits per heavy atom. The summed E-state index contributed by atoms with van der Waals surface area (Å²) in [4.78, 5) is 2.46. The standard InChI is InChI=1S/C32H29BrClN3O3/c33-32-24(10-7-11-26(32)23-8-3-1-4-9-23)21-39-31-18-30(25(17-27(31)34)19-37-14-5-2-6-15-37)38-20-22-12-13-28-29(16-22)36-40-35-28/h1,3-4,7-13,16-18H,2,5-6,14-15,19-21H2. The van der Waals surface area contributed by atoms with Gasteiger partial charge in [-0.25, -0.2) is 4.63 Å². The van der Waals surface area contributed by atoms with Gasteiger partial charge in [0, 0.05) is 28.2 Å². The van der Waals surface area contributed by atoms with Crippen molar-refractivity contribution in [2.24, 2.45) is 0 Å². The van der Waals surface area contributed by atoms with Crippen LogP contribution < -0.4 is 9.47 Å². The number of piperidine rings is 1. The molecule has 0 unspecified atom stereocenters. The lowest BCUT2D eigenvalue weighted by Gasteiger charge is -2.27. The molecular weight excluding hydrogens is 590 g/mol. The first kappa shape index (κ1) is 26.8. The van der Waals surface area contributed by atoms with Gasteiger partial charge >= 0.3 is 0 Å². The van der Waals surface area contributed by atoms with Crippen LogP contribution in [0.3, 0.4) is 0 Å². The molecule has 6 nitrogen and oxygen atoms in total. The van der Waals surface area contributed by atoms with E-state index in [1.54, 1.807) is 0 Å². The van der Waals surface area contributed by atoms with Crippen LogP contribution in [0, 0.1) is 0 Å². The third-order valence-electron chi connectivity index (χ3n) is 7.22. The first-order valence-corrected chi connectivity index (χ1v) is 14.7. The number of fused-ring (bicyclic) bond motifs is 1. The maximum Gasteiger partial charge on any atom is 0.142 e. The zero-order valence-corrected chi connectivity index (χ0v) is 24.3. The predicted molar refractivity (Wildman–Crippen MR) is 161 cm³/mol. The lowest BCUT2D eigenvalue weighted by Crippen LogP contribution is -2.29. The first-order valence-electron chi connectivity index (χ1n) is 13.5. The third-order valence-corrected chi connectivity index (χ3v) is 8.45. The van der Waals surface area contributed by atoms with E-state index in [1.165, 1.54) is 19.3 Å². The highest BCUT2D eigenvalue weighted by molar-refractivity contribution is 9.10. The van der Waals surface area contributed by atoms with Crippen molar-refractivity contribution in [1.82, 2.24) is 15.2 Å². The van der Waals surface area contributed by atoms with Crippen LogP contribution >= 0.6 is 27.5 Å². The van der Waals surface area contributed by atoms with Crippen LogP contribution in [-0.4, -0.2) is 28.3 Å². The van der Waals surface area contributed by atoms with Crippen LogP contribution in [0.2, 0.25) is 5.02 Å². The van der Waals surface area contributed by atoms with Crippen molar-refractivity contribution < 1.29 is 14.1 Å². The lowest BCUT2D eigenvalue weighted by molar-refractivity contribution is 0.214. The lowest BCUT2D eigenvalue weighted by atomic mass is 10.0. The van der Waals surface area contributed by atoms with E-state index < -0.39 is 0 Å². The molecular formula is C32H29BrClN3O3. The molecule has 1 aliphatic rings. The molecule has 4 aromatic carbocycles. The maximum atomic E-state index is 6.79. The van der Waals surface area contributed by atoms with Gasteiger partial charge in [-0.3, -0.25) is 4.90 Å². The molecule has 1 aromatic heterocycles. The second-order valence-electron chi connectivity index (χ2n) is 10.0. The zero-order chi connectivity index (χ0) is 27.3. The quantitative estimate of drug-likeness (QED) is 0.165. The van der Waals surface area contributed by atoms with Crippen LogP contribution in [0.1, 0.15) is 36.0 Å². The van der Waals surface area contributed by atoms with Crippen LogP contribution in [0.5, 0.6) is 11.5 Å². The maximum absolute atomic E-state index is 6.79. The minimum Gasteiger partial charge on any atom is -0.488 e. The summed E-state index contributed by atoms with van der Waals surface area (Å²) in [7, 11) is 0. The summed E-state index contributed by atoms with van der Waals surface area (Å²) >= 11 is 10.6. The Balaban J connectivity index is 1.24. The van der Waals surface area contributed by atoms with E-state index in [0.717, 1.165) is 63.2 Å². The second-order valence-corrected chi connectivity index (χ2v) is 11.2. The minimum absolute atomic E-state index is 0.363. The highest BCUT2D eigenvalue weighted by atomic mass is 79.9. The monoisotopic (exact) mass is 617 g/mol. The predicted octanol–water partition coefficient (Wildman–Crippen LogP) is 8.45. The zero-order valence-electron chi connectivity index (χ0n) is 22.0. The molecule has 8 heteroatoms. The summed E-state index contributed by atoms with van der Waals surface area (Å²) in [5.41, 5.74) is 6.76. The van der Waals surface area contributed by atoms with Crippen LogP contribution in [-0.2, 0) is 19.8 Å². The van der Waals surface area contributed by atoms with Gasteiger partial charge in [0.15, 0.2) is 0 Å². The van der Waals surface area contributed by atoms with E-state index >= 15 is 0 Å². The van der Waals surface area contributed by atoms with Crippen molar-refractivity contribution in [2.45, 2.75) is 39.0 Å². The Kier molecular flexibility index (Phi) is 8.32. The Hall–Kier alpha value is -3.39. The van der Waals surface area contributed by atoms with Gasteiger partial charge in [0.1, 0.15) is 35.7 Å². The number of ether oxygens (including phenoxy) is 2. The van der Waals surface area contributed by atoms with Crippen molar-refractivity contribution in [3.05, 3.63) is 105 Å². The number of rotatable bonds is 9. The molecule has 204 valence electrons. The number of aromatic nitrogens is 2. The summed E-state index contributed by atoms with van der Waals surface area (Å²) in [5.74, 6) is 1.35. The van der Waals surface area contributed by atoms with Crippen molar-refractivity contribution in [3.63, 3.8) is 0 Å². The van der Waals surface area contributed by atoms with Crippen molar-refractivity contribution >= 4 is 38.6 Å². The summed E-state index contributed by atoms with van der Waals surface area (Å²) in [6.45, 7) is 3.68. The van der Waals surface area contributed by atoms with Gasteiger partial charge in [0.05, 0.1) is 5.02 Å². The number of hydrogen-bond donors (Lipinski definition) is 0. The molecule has 0 amide bonds. The van der Waals surface area contributed by atoms with Gasteiger partial charge in [-0.05, 0) is 87.1 Å². The van der Waals surface area contributed by atoms with Crippen LogP contribution in [0.25, 0.3) is 22.2 Å². The summed E-state index contributed by atoms with van der Waals surface area (Å²) in [6, 6.07) is 26.2. The molecule has 1 saturated heterocycles. The number of likely N-dealkylation sites (tertiary alicyclic amines) is 1. The molecule has 0 aliphatic carbocycles. The molecule has 0 N–H and O–H groups in total. The molecule has 0 bridgehead atoms. The smallest absolute Gasteiger partial charge is 0.142 e. The van der Waals surface area contributed by atoms with Gasteiger partial charge in [-0.15, -0.1) is 0 Å². The fraction of sp³-hybridized carbons (Fsp3) is 0.250. The molecule has 0 radical (unpaired) electrons. The molecule has 0 spiro atoms. The van der Waals surface area contributed by atoms with Crippen molar-refractivity contribution in [1.29, 1.82) is 0 Å². The average molecular weight is 619 g/mol. The van der Waals surface area contributed by atoms with Crippen molar-refractivity contribution in [2.75, 3.05) is 13.1 Å². The number of nitrogens with zero attached hydrogens (tertiary/aromatic N) is 3. The van der Waals surface area contributed by atoms with Gasteiger partial charge in [-0.1, -0.05) is 72.6 Å². The van der Waals surface area contributed by atoms with Gasteiger partial charge in [0.2, 0.25) is 0 Å². The highest BCUT2D eigenvalue weighted by Gasteiger charge is 2.18. The highest BCUT2D eigenvalue weighted by Crippen LogP contribution is 2.37. The van der Waals surface area contributed by atoms with Crippen LogP contribution in [0.15, 0.2) is 88.0 Å². The Labute approximate surface area is 246 Å².